The van der Waals surface area contributed by atoms with Crippen LogP contribution in [0.4, 0.5) is 0 Å². The molecule has 1 saturated carbocycles. The second-order valence-corrected chi connectivity index (χ2v) is 8.98. The van der Waals surface area contributed by atoms with Gasteiger partial charge in [-0.2, -0.15) is 0 Å². The zero-order chi connectivity index (χ0) is 18.5. The third-order valence-corrected chi connectivity index (χ3v) is 6.60. The van der Waals surface area contributed by atoms with Gasteiger partial charge in [0.2, 0.25) is 0 Å². The van der Waals surface area contributed by atoms with Crippen molar-refractivity contribution in [3.05, 3.63) is 63.4 Å². The van der Waals surface area contributed by atoms with Crippen LogP contribution in [-0.4, -0.2) is 10.6 Å². The second kappa shape index (κ2) is 6.00. The number of aromatic nitrogens is 1. The van der Waals surface area contributed by atoms with Gasteiger partial charge in [-0.15, -0.1) is 0 Å². The Balaban J connectivity index is 1.83. The van der Waals surface area contributed by atoms with Crippen LogP contribution in [0.25, 0.3) is 0 Å². The topological polar surface area (TPSA) is 42.1 Å². The number of fused-ring (bicyclic) bond motifs is 3. The van der Waals surface area contributed by atoms with Crippen LogP contribution < -0.4 is 10.2 Å². The Kier molecular flexibility index (Phi) is 4.02. The minimum Gasteiger partial charge on any atom is -0.472 e. The molecule has 2 heterocycles. The van der Waals surface area contributed by atoms with E-state index in [1.54, 1.807) is 6.07 Å². The van der Waals surface area contributed by atoms with Gasteiger partial charge in [0.25, 0.3) is 0 Å². The Labute approximate surface area is 155 Å². The number of rotatable bonds is 2. The van der Waals surface area contributed by atoms with E-state index < -0.39 is 0 Å². The molecular weight excluding hydrogens is 322 g/mol. The Bertz CT molecular complexity index is 864. The van der Waals surface area contributed by atoms with Gasteiger partial charge in [-0.05, 0) is 38.2 Å². The summed E-state index contributed by atoms with van der Waals surface area (Å²) in [5, 5.41) is 0. The molecule has 0 saturated heterocycles. The number of pyridine rings is 1. The Morgan fingerprint density at radius 2 is 1.81 bits per heavy atom. The lowest BCUT2D eigenvalue weighted by Gasteiger charge is -2.47. The molecule has 1 unspecified atom stereocenters. The van der Waals surface area contributed by atoms with Crippen molar-refractivity contribution in [1.29, 1.82) is 0 Å². The Morgan fingerprint density at radius 3 is 2.54 bits per heavy atom. The van der Waals surface area contributed by atoms with Crippen molar-refractivity contribution < 1.29 is 4.74 Å². The summed E-state index contributed by atoms with van der Waals surface area (Å²) in [6.07, 6.45) is 4.68. The van der Waals surface area contributed by atoms with Gasteiger partial charge in [0.05, 0.1) is 5.56 Å². The van der Waals surface area contributed by atoms with Crippen LogP contribution >= 0.6 is 0 Å². The molecule has 1 aliphatic carbocycles. The zero-order valence-corrected chi connectivity index (χ0v) is 16.3. The molecule has 1 aliphatic heterocycles. The Hall–Kier alpha value is -2.03. The van der Waals surface area contributed by atoms with Crippen molar-refractivity contribution in [1.82, 2.24) is 4.98 Å². The van der Waals surface area contributed by atoms with Gasteiger partial charge in [-0.1, -0.05) is 57.0 Å². The van der Waals surface area contributed by atoms with Crippen LogP contribution in [0, 0.1) is 5.92 Å². The first-order chi connectivity index (χ1) is 12.3. The summed E-state index contributed by atoms with van der Waals surface area (Å²) in [6, 6.07) is 12.1. The van der Waals surface area contributed by atoms with E-state index in [0.29, 0.717) is 17.7 Å². The van der Waals surface area contributed by atoms with E-state index in [2.05, 4.69) is 44.8 Å². The van der Waals surface area contributed by atoms with E-state index >= 15 is 0 Å². The first-order valence-corrected chi connectivity index (χ1v) is 9.83. The average Bonchev–Trinajstić information content (AvgIpc) is 2.61. The van der Waals surface area contributed by atoms with Gasteiger partial charge < -0.3 is 9.72 Å². The first-order valence-electron chi connectivity index (χ1n) is 9.83. The summed E-state index contributed by atoms with van der Waals surface area (Å²) < 4.78 is 6.39. The van der Waals surface area contributed by atoms with E-state index in [4.69, 9.17) is 4.74 Å². The third-order valence-electron chi connectivity index (χ3n) is 6.60. The summed E-state index contributed by atoms with van der Waals surface area (Å²) in [7, 11) is 0. The SMILES string of the molecule is CC(C)(c1ccccc1)c1cc(=O)c2c([nH]1)OC(C)(C)C1CCCC[C@H]21. The molecule has 1 aromatic carbocycles. The van der Waals surface area contributed by atoms with E-state index in [1.807, 2.05) is 18.2 Å². The van der Waals surface area contributed by atoms with Crippen molar-refractivity contribution in [3.8, 4) is 5.88 Å². The Morgan fingerprint density at radius 1 is 1.12 bits per heavy atom. The van der Waals surface area contributed by atoms with Crippen LogP contribution in [0.2, 0.25) is 0 Å². The fourth-order valence-corrected chi connectivity index (χ4v) is 4.97. The maximum atomic E-state index is 13.1. The van der Waals surface area contributed by atoms with Gasteiger partial charge >= 0.3 is 0 Å². The number of hydrogen-bond acceptors (Lipinski definition) is 2. The number of ether oxygens (including phenoxy) is 1. The van der Waals surface area contributed by atoms with E-state index in [0.717, 1.165) is 24.1 Å². The molecule has 1 fully saturated rings. The molecule has 2 aliphatic rings. The highest BCUT2D eigenvalue weighted by molar-refractivity contribution is 5.41. The highest BCUT2D eigenvalue weighted by atomic mass is 16.5. The molecule has 2 atom stereocenters. The molecule has 4 rings (SSSR count). The second-order valence-electron chi connectivity index (χ2n) is 8.98. The van der Waals surface area contributed by atoms with Gasteiger partial charge in [0.1, 0.15) is 5.60 Å². The number of hydrogen-bond donors (Lipinski definition) is 1. The molecule has 3 nitrogen and oxygen atoms in total. The van der Waals surface area contributed by atoms with Crippen LogP contribution in [0.1, 0.15) is 76.1 Å². The van der Waals surface area contributed by atoms with Crippen molar-refractivity contribution in [2.45, 2.75) is 70.3 Å². The maximum absolute atomic E-state index is 13.1. The molecule has 1 N–H and O–H groups in total. The molecule has 138 valence electrons. The van der Waals surface area contributed by atoms with E-state index in [-0.39, 0.29) is 16.4 Å². The molecule has 26 heavy (non-hydrogen) atoms. The molecule has 0 spiro atoms. The van der Waals surface area contributed by atoms with Gasteiger partial charge in [-0.3, -0.25) is 4.79 Å². The first kappa shape index (κ1) is 17.4. The average molecular weight is 351 g/mol. The van der Waals surface area contributed by atoms with Crippen LogP contribution in [0.15, 0.2) is 41.2 Å². The van der Waals surface area contributed by atoms with Crippen molar-refractivity contribution in [3.63, 3.8) is 0 Å². The highest BCUT2D eigenvalue weighted by Crippen LogP contribution is 2.50. The fourth-order valence-electron chi connectivity index (χ4n) is 4.97. The summed E-state index contributed by atoms with van der Waals surface area (Å²) >= 11 is 0. The quantitative estimate of drug-likeness (QED) is 0.813. The van der Waals surface area contributed by atoms with Crippen LogP contribution in [0.5, 0.6) is 5.88 Å². The molecule has 2 aromatic rings. The van der Waals surface area contributed by atoms with Crippen LogP contribution in [-0.2, 0) is 5.41 Å². The number of benzene rings is 1. The van der Waals surface area contributed by atoms with Crippen LogP contribution in [0.3, 0.4) is 0 Å². The standard InChI is InChI=1S/C23H29NO2/c1-22(2,15-10-6-5-7-11-15)19-14-18(25)20-16-12-8-9-13-17(16)23(3,4)26-21(20)24-19/h5-7,10-11,14,16-17H,8-9,12-13H2,1-4H3,(H,24,25)/t16-,17?/m0/s1. The summed E-state index contributed by atoms with van der Waals surface area (Å²) in [6.45, 7) is 8.65. The monoisotopic (exact) mass is 351 g/mol. The van der Waals surface area contributed by atoms with E-state index in [1.165, 1.54) is 18.4 Å². The predicted molar refractivity (Wildman–Crippen MR) is 105 cm³/mol. The minimum absolute atomic E-state index is 0.130. The lowest BCUT2D eigenvalue weighted by molar-refractivity contribution is -0.0113. The van der Waals surface area contributed by atoms with E-state index in [9.17, 15) is 4.79 Å². The molecule has 1 aromatic heterocycles. The third kappa shape index (κ3) is 2.69. The highest BCUT2D eigenvalue weighted by Gasteiger charge is 2.46. The van der Waals surface area contributed by atoms with Gasteiger partial charge in [0.15, 0.2) is 11.3 Å². The molecule has 0 radical (unpaired) electrons. The molecule has 0 amide bonds. The normalized spacial score (nSPS) is 24.3. The summed E-state index contributed by atoms with van der Waals surface area (Å²) in [5.41, 5.74) is 2.58. The molecule has 0 bridgehead atoms. The number of nitrogens with one attached hydrogen (secondary N) is 1. The van der Waals surface area contributed by atoms with Crippen molar-refractivity contribution in [2.24, 2.45) is 5.92 Å². The maximum Gasteiger partial charge on any atom is 0.199 e. The zero-order valence-electron chi connectivity index (χ0n) is 16.3. The minimum atomic E-state index is -0.285. The van der Waals surface area contributed by atoms with Gasteiger partial charge in [-0.25, -0.2) is 0 Å². The largest absolute Gasteiger partial charge is 0.472 e. The summed E-state index contributed by atoms with van der Waals surface area (Å²) in [5.74, 6) is 1.45. The lowest BCUT2D eigenvalue weighted by Crippen LogP contribution is -2.48. The lowest BCUT2D eigenvalue weighted by atomic mass is 9.67. The molecular formula is C23H29NO2. The van der Waals surface area contributed by atoms with Crippen molar-refractivity contribution >= 4 is 0 Å². The van der Waals surface area contributed by atoms with Gasteiger partial charge in [0, 0.05) is 23.1 Å². The summed E-state index contributed by atoms with van der Waals surface area (Å²) in [4.78, 5) is 16.6. The smallest absolute Gasteiger partial charge is 0.199 e. The molecule has 3 heteroatoms. The predicted octanol–water partition coefficient (Wildman–Crippen LogP) is 5.15. The number of aromatic amines is 1. The number of H-pyrrole nitrogens is 1. The van der Waals surface area contributed by atoms with Crippen molar-refractivity contribution in [2.75, 3.05) is 0 Å². The fraction of sp³-hybridized carbons (Fsp3) is 0.522.